The van der Waals surface area contributed by atoms with E-state index in [2.05, 4.69) is 10.6 Å². The lowest BCUT2D eigenvalue weighted by atomic mass is 10.1. The summed E-state index contributed by atoms with van der Waals surface area (Å²) >= 11 is 1.54. The Bertz CT molecular complexity index is 646. The van der Waals surface area contributed by atoms with Crippen LogP contribution in [-0.4, -0.2) is 31.9 Å². The molecule has 0 unspecified atom stereocenters. The van der Waals surface area contributed by atoms with Crippen LogP contribution < -0.4 is 20.1 Å². The summed E-state index contributed by atoms with van der Waals surface area (Å²) in [6, 6.07) is 7.08. The Labute approximate surface area is 145 Å². The maximum absolute atomic E-state index is 11.8. The number of aliphatic hydroxyl groups is 1. The van der Waals surface area contributed by atoms with Crippen molar-refractivity contribution in [1.82, 2.24) is 10.6 Å². The molecule has 0 saturated heterocycles. The molecule has 7 heteroatoms. The molecule has 1 heterocycles. The second kappa shape index (κ2) is 9.14. The van der Waals surface area contributed by atoms with Crippen LogP contribution >= 0.6 is 11.3 Å². The Balaban J connectivity index is 1.73. The van der Waals surface area contributed by atoms with Gasteiger partial charge in [-0.25, -0.2) is 4.79 Å². The smallest absolute Gasteiger partial charge is 0.315 e. The fourth-order valence-corrected chi connectivity index (χ4v) is 2.90. The number of carbonyl (C=O) groups is 1. The first-order valence-corrected chi connectivity index (χ1v) is 8.51. The molecule has 1 aromatic carbocycles. The van der Waals surface area contributed by atoms with Gasteiger partial charge in [-0.1, -0.05) is 6.07 Å². The van der Waals surface area contributed by atoms with Gasteiger partial charge < -0.3 is 25.2 Å². The van der Waals surface area contributed by atoms with Gasteiger partial charge in [0.15, 0.2) is 11.5 Å². The molecule has 2 aromatic rings. The lowest BCUT2D eigenvalue weighted by Crippen LogP contribution is -2.36. The van der Waals surface area contributed by atoms with Crippen molar-refractivity contribution in [2.45, 2.75) is 19.1 Å². The first-order chi connectivity index (χ1) is 11.6. The summed E-state index contributed by atoms with van der Waals surface area (Å²) in [7, 11) is 3.15. The van der Waals surface area contributed by atoms with Crippen LogP contribution in [0.25, 0.3) is 0 Å². The van der Waals surface area contributed by atoms with Crippen molar-refractivity contribution >= 4 is 17.4 Å². The molecule has 2 amide bonds. The predicted octanol–water partition coefficient (Wildman–Crippen LogP) is 2.69. The summed E-state index contributed by atoms with van der Waals surface area (Å²) in [4.78, 5) is 11.8. The Morgan fingerprint density at radius 2 is 2.00 bits per heavy atom. The average molecular weight is 350 g/mol. The quantitative estimate of drug-likeness (QED) is 0.684. The van der Waals surface area contributed by atoms with E-state index in [4.69, 9.17) is 9.47 Å². The molecule has 0 aliphatic heterocycles. The van der Waals surface area contributed by atoms with E-state index in [1.165, 1.54) is 0 Å². The molecular weight excluding hydrogens is 328 g/mol. The average Bonchev–Trinajstić information content (AvgIpc) is 3.14. The number of urea groups is 1. The molecular formula is C17H22N2O4S. The van der Waals surface area contributed by atoms with Crippen molar-refractivity contribution in [3.63, 3.8) is 0 Å². The highest BCUT2D eigenvalue weighted by Crippen LogP contribution is 2.27. The van der Waals surface area contributed by atoms with Gasteiger partial charge in [0.1, 0.15) is 0 Å². The number of ether oxygens (including phenoxy) is 2. The lowest BCUT2D eigenvalue weighted by Gasteiger charge is -2.12. The second-order valence-electron chi connectivity index (χ2n) is 5.16. The predicted molar refractivity (Wildman–Crippen MR) is 93.7 cm³/mol. The van der Waals surface area contributed by atoms with E-state index in [-0.39, 0.29) is 6.03 Å². The van der Waals surface area contributed by atoms with Crippen molar-refractivity contribution in [3.05, 3.63) is 46.2 Å². The summed E-state index contributed by atoms with van der Waals surface area (Å²) < 4.78 is 10.4. The summed E-state index contributed by atoms with van der Waals surface area (Å²) in [5, 5.41) is 19.3. The second-order valence-corrected chi connectivity index (χ2v) is 5.94. The normalized spacial score (nSPS) is 11.6. The number of aliphatic hydroxyl groups excluding tert-OH is 1. The molecule has 0 radical (unpaired) electrons. The van der Waals surface area contributed by atoms with E-state index in [9.17, 15) is 9.90 Å². The van der Waals surface area contributed by atoms with Crippen LogP contribution in [0.1, 0.15) is 23.7 Å². The number of benzene rings is 1. The fourth-order valence-electron chi connectivity index (χ4n) is 2.19. The highest BCUT2D eigenvalue weighted by molar-refractivity contribution is 7.07. The standard InChI is InChI=1S/C17H22N2O4S/c1-22-15-4-3-12(9-16(15)23-2)10-19-17(21)18-7-5-14(20)13-6-8-24-11-13/h3-4,6,8-9,11,14,20H,5,7,10H2,1-2H3,(H2,18,19,21)/t14-/m0/s1. The molecule has 1 atom stereocenters. The molecule has 0 aliphatic carbocycles. The van der Waals surface area contributed by atoms with E-state index in [1.54, 1.807) is 31.6 Å². The van der Waals surface area contributed by atoms with Crippen LogP contribution in [0.2, 0.25) is 0 Å². The van der Waals surface area contributed by atoms with Gasteiger partial charge in [0.25, 0.3) is 0 Å². The number of methoxy groups -OCH3 is 2. The molecule has 0 spiro atoms. The molecule has 1 aromatic heterocycles. The first kappa shape index (κ1) is 18.1. The molecule has 6 nitrogen and oxygen atoms in total. The van der Waals surface area contributed by atoms with Gasteiger partial charge in [-0.05, 0) is 46.5 Å². The molecule has 0 bridgehead atoms. The first-order valence-electron chi connectivity index (χ1n) is 7.56. The molecule has 2 rings (SSSR count). The zero-order valence-electron chi connectivity index (χ0n) is 13.7. The van der Waals surface area contributed by atoms with Gasteiger partial charge in [-0.15, -0.1) is 0 Å². The van der Waals surface area contributed by atoms with Crippen LogP contribution in [-0.2, 0) is 6.54 Å². The van der Waals surface area contributed by atoms with E-state index < -0.39 is 6.10 Å². The molecule has 0 saturated carbocycles. The number of thiophene rings is 1. The van der Waals surface area contributed by atoms with Crippen LogP contribution in [0.4, 0.5) is 4.79 Å². The van der Waals surface area contributed by atoms with Crippen molar-refractivity contribution in [2.24, 2.45) is 0 Å². The lowest BCUT2D eigenvalue weighted by molar-refractivity contribution is 0.167. The van der Waals surface area contributed by atoms with E-state index >= 15 is 0 Å². The third-order valence-electron chi connectivity index (χ3n) is 3.53. The van der Waals surface area contributed by atoms with Gasteiger partial charge in [0, 0.05) is 13.1 Å². The number of hydrogen-bond donors (Lipinski definition) is 3. The van der Waals surface area contributed by atoms with Gasteiger partial charge in [0.2, 0.25) is 0 Å². The fraction of sp³-hybridized carbons (Fsp3) is 0.353. The van der Waals surface area contributed by atoms with Crippen LogP contribution in [0.5, 0.6) is 11.5 Å². The topological polar surface area (TPSA) is 79.8 Å². The number of nitrogens with one attached hydrogen (secondary N) is 2. The highest BCUT2D eigenvalue weighted by Gasteiger charge is 2.09. The minimum absolute atomic E-state index is 0.276. The number of rotatable bonds is 8. The van der Waals surface area contributed by atoms with Gasteiger partial charge in [-0.2, -0.15) is 11.3 Å². The Kier molecular flexibility index (Phi) is 6.89. The van der Waals surface area contributed by atoms with Crippen LogP contribution in [0.3, 0.4) is 0 Å². The number of hydrogen-bond acceptors (Lipinski definition) is 5. The van der Waals surface area contributed by atoms with Gasteiger partial charge >= 0.3 is 6.03 Å². The van der Waals surface area contributed by atoms with Gasteiger partial charge in [-0.3, -0.25) is 0 Å². The molecule has 3 N–H and O–H groups in total. The summed E-state index contributed by atoms with van der Waals surface area (Å²) in [5.41, 5.74) is 1.79. The number of carbonyl (C=O) groups excluding carboxylic acids is 1. The minimum atomic E-state index is -0.553. The molecule has 0 aliphatic rings. The Hall–Kier alpha value is -2.25. The van der Waals surface area contributed by atoms with E-state index in [0.29, 0.717) is 31.0 Å². The molecule has 0 fully saturated rings. The third-order valence-corrected chi connectivity index (χ3v) is 4.23. The highest BCUT2D eigenvalue weighted by atomic mass is 32.1. The number of amides is 2. The monoisotopic (exact) mass is 350 g/mol. The summed E-state index contributed by atoms with van der Waals surface area (Å²) in [6.07, 6.45) is -0.0806. The zero-order valence-corrected chi connectivity index (χ0v) is 14.6. The van der Waals surface area contributed by atoms with Crippen molar-refractivity contribution in [1.29, 1.82) is 0 Å². The largest absolute Gasteiger partial charge is 0.493 e. The Morgan fingerprint density at radius 3 is 2.67 bits per heavy atom. The molecule has 130 valence electrons. The van der Waals surface area contributed by atoms with Crippen LogP contribution in [0.15, 0.2) is 35.0 Å². The van der Waals surface area contributed by atoms with Crippen molar-refractivity contribution < 1.29 is 19.4 Å². The van der Waals surface area contributed by atoms with Crippen molar-refractivity contribution in [2.75, 3.05) is 20.8 Å². The van der Waals surface area contributed by atoms with Crippen molar-refractivity contribution in [3.8, 4) is 11.5 Å². The minimum Gasteiger partial charge on any atom is -0.493 e. The van der Waals surface area contributed by atoms with E-state index in [0.717, 1.165) is 11.1 Å². The maximum atomic E-state index is 11.8. The summed E-state index contributed by atoms with van der Waals surface area (Å²) in [5.74, 6) is 1.27. The Morgan fingerprint density at radius 1 is 1.21 bits per heavy atom. The third kappa shape index (κ3) is 5.14. The maximum Gasteiger partial charge on any atom is 0.315 e. The van der Waals surface area contributed by atoms with Gasteiger partial charge in [0.05, 0.1) is 20.3 Å². The van der Waals surface area contributed by atoms with E-state index in [1.807, 2.05) is 29.0 Å². The van der Waals surface area contributed by atoms with Crippen LogP contribution in [0, 0.1) is 0 Å². The molecule has 24 heavy (non-hydrogen) atoms. The zero-order chi connectivity index (χ0) is 17.4. The summed E-state index contributed by atoms with van der Waals surface area (Å²) in [6.45, 7) is 0.772. The SMILES string of the molecule is COc1ccc(CNC(=O)NCC[C@H](O)c2ccsc2)cc1OC.